The molecule has 2 aromatic rings. The maximum atomic E-state index is 13.6. The number of benzene rings is 2. The number of methoxy groups -OCH3 is 1. The van der Waals surface area contributed by atoms with Gasteiger partial charge in [-0.25, -0.2) is 9.18 Å². The molecule has 2 aliphatic rings. The number of anilines is 1. The Kier molecular flexibility index (Phi) is 7.78. The van der Waals surface area contributed by atoms with Crippen LogP contribution in [0.4, 0.5) is 10.1 Å². The van der Waals surface area contributed by atoms with Gasteiger partial charge in [0.15, 0.2) is 0 Å². The van der Waals surface area contributed by atoms with Gasteiger partial charge in [-0.05, 0) is 62.5 Å². The fraction of sp³-hybridized carbons (Fsp3) is 0.333. The summed E-state index contributed by atoms with van der Waals surface area (Å²) in [5.74, 6) is -1.40. The van der Waals surface area contributed by atoms with Crippen molar-refractivity contribution in [1.29, 1.82) is 0 Å². The molecule has 36 heavy (non-hydrogen) atoms. The van der Waals surface area contributed by atoms with Crippen LogP contribution >= 0.6 is 11.6 Å². The predicted octanol–water partition coefficient (Wildman–Crippen LogP) is 3.36. The number of rotatable bonds is 10. The Morgan fingerprint density at radius 2 is 1.92 bits per heavy atom. The maximum Gasteiger partial charge on any atom is 0.337 e. The highest BCUT2D eigenvalue weighted by molar-refractivity contribution is 6.31. The Balaban J connectivity index is 1.76. The highest BCUT2D eigenvalue weighted by Gasteiger charge is 2.58. The Labute approximate surface area is 214 Å². The first-order valence-corrected chi connectivity index (χ1v) is 12.0. The standard InChI is InChI=1S/C27H29ClFN3O4/c1-32(2)15-14-30-25(33)23-21-12-13-27(36-21,24(23)26(34)35-3)22(16-17-6-4-5-7-20(17)28)31-19-10-8-18(29)9-11-19/h4-13,21-22,31H,14-16H2,1-3H3,(H,30,33). The third kappa shape index (κ3) is 5.16. The summed E-state index contributed by atoms with van der Waals surface area (Å²) in [6, 6.07) is 12.7. The van der Waals surface area contributed by atoms with E-state index in [0.717, 1.165) is 5.56 Å². The summed E-state index contributed by atoms with van der Waals surface area (Å²) >= 11 is 6.48. The molecule has 0 radical (unpaired) electrons. The number of halogens is 2. The average molecular weight is 514 g/mol. The van der Waals surface area contributed by atoms with Crippen molar-refractivity contribution >= 4 is 29.2 Å². The molecular formula is C27H29ClFN3O4. The topological polar surface area (TPSA) is 79.9 Å². The first kappa shape index (κ1) is 25.9. The summed E-state index contributed by atoms with van der Waals surface area (Å²) in [6.07, 6.45) is 3.21. The molecule has 3 atom stereocenters. The molecule has 2 aromatic carbocycles. The maximum absolute atomic E-state index is 13.6. The van der Waals surface area contributed by atoms with Crippen LogP contribution in [0.25, 0.3) is 0 Å². The Bertz CT molecular complexity index is 1200. The number of likely N-dealkylation sites (N-methyl/N-ethyl adjacent to an activating group) is 1. The zero-order valence-corrected chi connectivity index (χ0v) is 21.1. The number of hydrogen-bond acceptors (Lipinski definition) is 6. The molecule has 0 fully saturated rings. The summed E-state index contributed by atoms with van der Waals surface area (Å²) in [7, 11) is 5.09. The first-order valence-electron chi connectivity index (χ1n) is 11.6. The van der Waals surface area contributed by atoms with Gasteiger partial charge in [-0.3, -0.25) is 4.79 Å². The first-order chi connectivity index (χ1) is 17.2. The van der Waals surface area contributed by atoms with Gasteiger partial charge >= 0.3 is 5.97 Å². The molecule has 0 saturated carbocycles. The van der Waals surface area contributed by atoms with Crippen LogP contribution in [0.1, 0.15) is 5.56 Å². The lowest BCUT2D eigenvalue weighted by Gasteiger charge is -2.36. The van der Waals surface area contributed by atoms with Crippen LogP contribution in [0.5, 0.6) is 0 Å². The molecule has 0 aromatic heterocycles. The molecule has 0 spiro atoms. The fourth-order valence-corrected chi connectivity index (χ4v) is 4.80. The van der Waals surface area contributed by atoms with Crippen molar-refractivity contribution in [2.45, 2.75) is 24.2 Å². The van der Waals surface area contributed by atoms with Crippen molar-refractivity contribution in [1.82, 2.24) is 10.2 Å². The number of nitrogens with one attached hydrogen (secondary N) is 2. The van der Waals surface area contributed by atoms with Crippen LogP contribution in [-0.2, 0) is 25.5 Å². The second-order valence-corrected chi connectivity index (χ2v) is 9.44. The van der Waals surface area contributed by atoms with Crippen molar-refractivity contribution in [3.8, 4) is 0 Å². The molecule has 4 rings (SSSR count). The second-order valence-electron chi connectivity index (χ2n) is 9.03. The van der Waals surface area contributed by atoms with Crippen LogP contribution in [0, 0.1) is 5.82 Å². The zero-order chi connectivity index (χ0) is 25.9. The highest BCUT2D eigenvalue weighted by atomic mass is 35.5. The van der Waals surface area contributed by atoms with E-state index in [1.54, 1.807) is 30.4 Å². The molecule has 2 heterocycles. The monoisotopic (exact) mass is 513 g/mol. The van der Waals surface area contributed by atoms with Gasteiger partial charge in [0.2, 0.25) is 0 Å². The Hall–Kier alpha value is -3.20. The highest BCUT2D eigenvalue weighted by Crippen LogP contribution is 2.47. The summed E-state index contributed by atoms with van der Waals surface area (Å²) in [5.41, 5.74) is 0.511. The minimum Gasteiger partial charge on any atom is -0.466 e. The van der Waals surface area contributed by atoms with Crippen molar-refractivity contribution in [3.63, 3.8) is 0 Å². The van der Waals surface area contributed by atoms with E-state index >= 15 is 0 Å². The van der Waals surface area contributed by atoms with Crippen LogP contribution in [0.2, 0.25) is 5.02 Å². The third-order valence-electron chi connectivity index (χ3n) is 6.35. The fourth-order valence-electron chi connectivity index (χ4n) is 4.59. The van der Waals surface area contributed by atoms with E-state index in [1.807, 2.05) is 37.2 Å². The number of amides is 1. The summed E-state index contributed by atoms with van der Waals surface area (Å²) < 4.78 is 25.1. The number of carbonyl (C=O) groups excluding carboxylic acids is 2. The lowest BCUT2D eigenvalue weighted by molar-refractivity contribution is -0.138. The molecule has 190 valence electrons. The van der Waals surface area contributed by atoms with E-state index in [4.69, 9.17) is 21.1 Å². The van der Waals surface area contributed by atoms with Gasteiger partial charge in [-0.15, -0.1) is 0 Å². The number of esters is 1. The molecule has 2 aliphatic heterocycles. The molecule has 7 nitrogen and oxygen atoms in total. The van der Waals surface area contributed by atoms with E-state index in [1.165, 1.54) is 19.2 Å². The third-order valence-corrected chi connectivity index (χ3v) is 6.72. The van der Waals surface area contributed by atoms with Gasteiger partial charge in [0.1, 0.15) is 17.5 Å². The number of fused-ring (bicyclic) bond motifs is 2. The Morgan fingerprint density at radius 3 is 2.58 bits per heavy atom. The minimum absolute atomic E-state index is 0.145. The van der Waals surface area contributed by atoms with E-state index < -0.39 is 23.7 Å². The van der Waals surface area contributed by atoms with E-state index in [0.29, 0.717) is 30.2 Å². The van der Waals surface area contributed by atoms with Crippen LogP contribution in [0.15, 0.2) is 71.8 Å². The van der Waals surface area contributed by atoms with Gasteiger partial charge in [0.25, 0.3) is 5.91 Å². The number of nitrogens with zero attached hydrogens (tertiary/aromatic N) is 1. The number of carbonyl (C=O) groups is 2. The lowest BCUT2D eigenvalue weighted by Crippen LogP contribution is -2.49. The van der Waals surface area contributed by atoms with Gasteiger partial charge in [-0.1, -0.05) is 35.9 Å². The van der Waals surface area contributed by atoms with Crippen LogP contribution in [-0.4, -0.2) is 68.8 Å². The van der Waals surface area contributed by atoms with E-state index in [2.05, 4.69) is 10.6 Å². The van der Waals surface area contributed by atoms with Crippen molar-refractivity contribution < 1.29 is 23.5 Å². The largest absolute Gasteiger partial charge is 0.466 e. The summed E-state index contributed by atoms with van der Waals surface area (Å²) in [5, 5.41) is 6.82. The van der Waals surface area contributed by atoms with Gasteiger partial charge in [0, 0.05) is 23.8 Å². The van der Waals surface area contributed by atoms with Crippen molar-refractivity contribution in [2.24, 2.45) is 0 Å². The van der Waals surface area contributed by atoms with E-state index in [-0.39, 0.29) is 22.9 Å². The van der Waals surface area contributed by atoms with Crippen molar-refractivity contribution in [2.75, 3.05) is 39.6 Å². The average Bonchev–Trinajstić information content (AvgIpc) is 3.43. The van der Waals surface area contributed by atoms with Crippen LogP contribution in [0.3, 0.4) is 0 Å². The molecule has 0 saturated heterocycles. The quantitative estimate of drug-likeness (QED) is 0.375. The van der Waals surface area contributed by atoms with Crippen LogP contribution < -0.4 is 10.6 Å². The molecule has 2 N–H and O–H groups in total. The molecule has 2 bridgehead atoms. The second kappa shape index (κ2) is 10.8. The summed E-state index contributed by atoms with van der Waals surface area (Å²) in [4.78, 5) is 28.3. The molecule has 1 amide bonds. The number of hydrogen-bond donors (Lipinski definition) is 2. The van der Waals surface area contributed by atoms with Gasteiger partial charge in [-0.2, -0.15) is 0 Å². The van der Waals surface area contributed by atoms with Gasteiger partial charge < -0.3 is 25.0 Å². The SMILES string of the molecule is COC(=O)C1=C(C(=O)NCCN(C)C)C2C=CC1(C(Cc1ccccc1Cl)Nc1ccc(F)cc1)O2. The lowest BCUT2D eigenvalue weighted by atomic mass is 9.78. The van der Waals surface area contributed by atoms with Gasteiger partial charge in [0.05, 0.1) is 24.3 Å². The normalized spacial score (nSPS) is 21.1. The zero-order valence-electron chi connectivity index (χ0n) is 20.4. The molecule has 0 aliphatic carbocycles. The van der Waals surface area contributed by atoms with Crippen molar-refractivity contribution in [3.05, 3.63) is 88.2 Å². The van der Waals surface area contributed by atoms with E-state index in [9.17, 15) is 14.0 Å². The minimum atomic E-state index is -1.31. The number of ether oxygens (including phenoxy) is 2. The molecular weight excluding hydrogens is 485 g/mol. The molecule has 9 heteroatoms. The summed E-state index contributed by atoms with van der Waals surface area (Å²) in [6.45, 7) is 1.05. The smallest absolute Gasteiger partial charge is 0.337 e. The Morgan fingerprint density at radius 1 is 1.19 bits per heavy atom. The molecule has 3 unspecified atom stereocenters. The predicted molar refractivity (Wildman–Crippen MR) is 136 cm³/mol.